The lowest BCUT2D eigenvalue weighted by atomic mass is 10.0. The number of nitrogens with one attached hydrogen (secondary N) is 1. The average Bonchev–Trinajstić information content (AvgIpc) is 3.34. The van der Waals surface area contributed by atoms with Crippen molar-refractivity contribution in [3.8, 4) is 17.1 Å². The van der Waals surface area contributed by atoms with Crippen LogP contribution in [0.15, 0.2) is 67.1 Å². The first-order valence-electron chi connectivity index (χ1n) is 11.3. The predicted molar refractivity (Wildman–Crippen MR) is 126 cm³/mol. The molecule has 2 N–H and O–H groups in total. The number of hydrogen-bond donors (Lipinski definition) is 2. The van der Waals surface area contributed by atoms with Gasteiger partial charge in [0.1, 0.15) is 5.82 Å². The number of pyridine rings is 1. The zero-order valence-corrected chi connectivity index (χ0v) is 19.6. The SMILES string of the molecule is O=C(O)CC(CCc1ncc(F)cn1)NC(=O)c1cc(-c2ccccc2C(F)(F)F)n(-c2ccccn2)n1. The molecule has 0 saturated carbocycles. The smallest absolute Gasteiger partial charge is 0.417 e. The number of benzene rings is 1. The standard InChI is InChI=1S/C25H20F4N6O3/c26-15-13-31-21(32-14-15)9-8-16(11-23(36)37)33-24(38)19-12-20(35(34-19)22-7-3-4-10-30-22)17-5-1-2-6-18(17)25(27,28)29/h1-7,10,12-14,16H,8-9,11H2,(H,33,38)(H,36,37). The normalized spacial score (nSPS) is 12.2. The molecule has 0 bridgehead atoms. The van der Waals surface area contributed by atoms with Crippen molar-refractivity contribution in [1.82, 2.24) is 30.0 Å². The van der Waals surface area contributed by atoms with Gasteiger partial charge in [0, 0.05) is 24.2 Å². The number of carbonyl (C=O) groups is 2. The van der Waals surface area contributed by atoms with Crippen LogP contribution >= 0.6 is 0 Å². The third-order valence-corrected chi connectivity index (χ3v) is 5.46. The zero-order valence-electron chi connectivity index (χ0n) is 19.6. The van der Waals surface area contributed by atoms with Crippen LogP contribution in [-0.4, -0.2) is 47.8 Å². The van der Waals surface area contributed by atoms with E-state index in [-0.39, 0.29) is 41.4 Å². The summed E-state index contributed by atoms with van der Waals surface area (Å²) in [4.78, 5) is 36.2. The molecule has 196 valence electrons. The molecule has 1 amide bonds. The molecule has 0 saturated heterocycles. The lowest BCUT2D eigenvalue weighted by molar-refractivity contribution is -0.138. The summed E-state index contributed by atoms with van der Waals surface area (Å²) in [5.74, 6) is -2.18. The summed E-state index contributed by atoms with van der Waals surface area (Å²) in [7, 11) is 0. The van der Waals surface area contributed by atoms with E-state index in [1.165, 1.54) is 36.5 Å². The number of aryl methyl sites for hydroxylation is 1. The van der Waals surface area contributed by atoms with Gasteiger partial charge in [0.05, 0.1) is 30.1 Å². The monoisotopic (exact) mass is 528 g/mol. The second kappa shape index (κ2) is 11.2. The van der Waals surface area contributed by atoms with Gasteiger partial charge in [0.15, 0.2) is 17.3 Å². The van der Waals surface area contributed by atoms with E-state index >= 15 is 0 Å². The maximum atomic E-state index is 13.8. The Hall–Kier alpha value is -4.68. The van der Waals surface area contributed by atoms with Crippen molar-refractivity contribution in [2.24, 2.45) is 0 Å². The van der Waals surface area contributed by atoms with Crippen LogP contribution in [0.5, 0.6) is 0 Å². The van der Waals surface area contributed by atoms with Gasteiger partial charge in [0.2, 0.25) is 0 Å². The van der Waals surface area contributed by atoms with Crippen molar-refractivity contribution in [3.05, 3.63) is 90.0 Å². The molecule has 0 aliphatic carbocycles. The van der Waals surface area contributed by atoms with Crippen LogP contribution < -0.4 is 5.32 Å². The van der Waals surface area contributed by atoms with Crippen LogP contribution in [-0.2, 0) is 17.4 Å². The van der Waals surface area contributed by atoms with Gasteiger partial charge in [-0.15, -0.1) is 0 Å². The number of aliphatic carboxylic acids is 1. The number of alkyl halides is 3. The molecule has 1 unspecified atom stereocenters. The third-order valence-electron chi connectivity index (χ3n) is 5.46. The first-order valence-corrected chi connectivity index (χ1v) is 11.3. The minimum Gasteiger partial charge on any atom is -0.481 e. The van der Waals surface area contributed by atoms with Crippen molar-refractivity contribution in [3.63, 3.8) is 0 Å². The average molecular weight is 528 g/mol. The van der Waals surface area contributed by atoms with Crippen molar-refractivity contribution >= 4 is 11.9 Å². The van der Waals surface area contributed by atoms with Crippen molar-refractivity contribution in [1.29, 1.82) is 0 Å². The van der Waals surface area contributed by atoms with Gasteiger partial charge in [0.25, 0.3) is 5.91 Å². The van der Waals surface area contributed by atoms with E-state index in [4.69, 9.17) is 0 Å². The number of hydrogen-bond acceptors (Lipinski definition) is 6. The second-order valence-corrected chi connectivity index (χ2v) is 8.18. The Labute approximate surface area is 213 Å². The Balaban J connectivity index is 1.66. The highest BCUT2D eigenvalue weighted by atomic mass is 19.4. The van der Waals surface area contributed by atoms with Gasteiger partial charge in [-0.25, -0.2) is 24.0 Å². The van der Waals surface area contributed by atoms with E-state index < -0.39 is 41.9 Å². The molecule has 0 spiro atoms. The Morgan fingerprint density at radius 3 is 2.39 bits per heavy atom. The maximum Gasteiger partial charge on any atom is 0.417 e. The maximum absolute atomic E-state index is 13.8. The summed E-state index contributed by atoms with van der Waals surface area (Å²) in [5.41, 5.74) is -1.41. The minimum absolute atomic E-state index is 0.0312. The summed E-state index contributed by atoms with van der Waals surface area (Å²) in [6.45, 7) is 0. The fourth-order valence-corrected chi connectivity index (χ4v) is 3.76. The zero-order chi connectivity index (χ0) is 27.3. The highest BCUT2D eigenvalue weighted by Crippen LogP contribution is 2.37. The van der Waals surface area contributed by atoms with Crippen LogP contribution in [0.4, 0.5) is 17.6 Å². The van der Waals surface area contributed by atoms with Crippen molar-refractivity contribution in [2.45, 2.75) is 31.5 Å². The first-order chi connectivity index (χ1) is 18.1. The van der Waals surface area contributed by atoms with Crippen molar-refractivity contribution < 1.29 is 32.3 Å². The molecule has 0 aliphatic rings. The van der Waals surface area contributed by atoms with Gasteiger partial charge in [-0.2, -0.15) is 18.3 Å². The molecule has 0 fully saturated rings. The highest BCUT2D eigenvalue weighted by molar-refractivity contribution is 5.94. The van der Waals surface area contributed by atoms with Gasteiger partial charge in [-0.05, 0) is 30.7 Å². The van der Waals surface area contributed by atoms with Gasteiger partial charge in [-0.1, -0.05) is 24.3 Å². The highest BCUT2D eigenvalue weighted by Gasteiger charge is 2.35. The van der Waals surface area contributed by atoms with Gasteiger partial charge < -0.3 is 10.4 Å². The Morgan fingerprint density at radius 2 is 1.74 bits per heavy atom. The number of aromatic nitrogens is 5. The largest absolute Gasteiger partial charge is 0.481 e. The summed E-state index contributed by atoms with van der Waals surface area (Å²) >= 11 is 0. The number of carbonyl (C=O) groups excluding carboxylic acids is 1. The van der Waals surface area contributed by atoms with Crippen LogP contribution in [0.25, 0.3) is 17.1 Å². The van der Waals surface area contributed by atoms with Crippen LogP contribution in [0, 0.1) is 5.82 Å². The van der Waals surface area contributed by atoms with Crippen LogP contribution in [0.1, 0.15) is 34.7 Å². The number of carboxylic acids is 1. The lowest BCUT2D eigenvalue weighted by Crippen LogP contribution is -2.37. The molecule has 3 heterocycles. The van der Waals surface area contributed by atoms with Crippen LogP contribution in [0.2, 0.25) is 0 Å². The van der Waals surface area contributed by atoms with Crippen LogP contribution in [0.3, 0.4) is 0 Å². The van der Waals surface area contributed by atoms with E-state index in [0.717, 1.165) is 23.1 Å². The molecule has 9 nitrogen and oxygen atoms in total. The number of rotatable bonds is 9. The van der Waals surface area contributed by atoms with E-state index in [1.54, 1.807) is 12.1 Å². The summed E-state index contributed by atoms with van der Waals surface area (Å²) in [6, 6.07) is 9.92. The molecule has 38 heavy (non-hydrogen) atoms. The number of halogens is 4. The second-order valence-electron chi connectivity index (χ2n) is 8.18. The Kier molecular flexibility index (Phi) is 7.74. The summed E-state index contributed by atoms with van der Waals surface area (Å²) in [5, 5.41) is 16.1. The van der Waals surface area contributed by atoms with E-state index in [2.05, 4.69) is 25.4 Å². The number of amides is 1. The number of nitrogens with zero attached hydrogens (tertiary/aromatic N) is 5. The third kappa shape index (κ3) is 6.35. The first kappa shape index (κ1) is 26.4. The molecular weight excluding hydrogens is 508 g/mol. The topological polar surface area (TPSA) is 123 Å². The fraction of sp³-hybridized carbons (Fsp3) is 0.200. The van der Waals surface area contributed by atoms with E-state index in [0.29, 0.717) is 0 Å². The Morgan fingerprint density at radius 1 is 1.03 bits per heavy atom. The molecule has 3 aromatic heterocycles. The molecule has 0 aliphatic heterocycles. The molecule has 0 radical (unpaired) electrons. The van der Waals surface area contributed by atoms with Gasteiger partial charge >= 0.3 is 12.1 Å². The summed E-state index contributed by atoms with van der Waals surface area (Å²) in [6.07, 6.45) is -1.50. The molecule has 4 aromatic rings. The molecule has 1 atom stereocenters. The quantitative estimate of drug-likeness (QED) is 0.314. The van der Waals surface area contributed by atoms with Gasteiger partial charge in [-0.3, -0.25) is 9.59 Å². The minimum atomic E-state index is -4.67. The molecule has 13 heteroatoms. The Bertz CT molecular complexity index is 1430. The van der Waals surface area contributed by atoms with Crippen molar-refractivity contribution in [2.75, 3.05) is 0 Å². The molecular formula is C25H20F4N6O3. The molecule has 1 aromatic carbocycles. The van der Waals surface area contributed by atoms with E-state index in [9.17, 15) is 32.3 Å². The predicted octanol–water partition coefficient (Wildman–Crippen LogP) is 4.09. The van der Waals surface area contributed by atoms with E-state index in [1.807, 2.05) is 0 Å². The summed E-state index contributed by atoms with van der Waals surface area (Å²) < 4.78 is 55.5. The fourth-order valence-electron chi connectivity index (χ4n) is 3.76. The lowest BCUT2D eigenvalue weighted by Gasteiger charge is -2.15. The molecule has 4 rings (SSSR count). The number of carboxylic acid groups (broad SMARTS) is 1.